The van der Waals surface area contributed by atoms with E-state index in [-0.39, 0.29) is 17.4 Å². The summed E-state index contributed by atoms with van der Waals surface area (Å²) >= 11 is 0. The summed E-state index contributed by atoms with van der Waals surface area (Å²) in [5.74, 6) is 0.195. The average Bonchev–Trinajstić information content (AvgIpc) is 2.34. The van der Waals surface area contributed by atoms with E-state index >= 15 is 0 Å². The van der Waals surface area contributed by atoms with Crippen molar-refractivity contribution in [1.82, 2.24) is 5.32 Å². The lowest BCUT2D eigenvalue weighted by atomic mass is 9.84. The van der Waals surface area contributed by atoms with E-state index in [2.05, 4.69) is 5.32 Å². The van der Waals surface area contributed by atoms with Crippen molar-refractivity contribution >= 4 is 9.84 Å². The predicted molar refractivity (Wildman–Crippen MR) is 76.2 cm³/mol. The molecule has 1 aliphatic heterocycles. The Bertz CT molecular complexity index is 344. The van der Waals surface area contributed by atoms with Gasteiger partial charge in [-0.3, -0.25) is 0 Å². The van der Waals surface area contributed by atoms with Gasteiger partial charge in [0, 0.05) is 45.0 Å². The topological polar surface area (TPSA) is 64.6 Å². The van der Waals surface area contributed by atoms with Crippen LogP contribution >= 0.6 is 0 Å². The van der Waals surface area contributed by atoms with Crippen molar-refractivity contribution in [2.45, 2.75) is 44.8 Å². The van der Waals surface area contributed by atoms with Crippen LogP contribution in [0, 0.1) is 0 Å². The molecule has 1 saturated heterocycles. The molecule has 1 fully saturated rings. The Morgan fingerprint density at radius 2 is 1.95 bits per heavy atom. The first kappa shape index (κ1) is 16.9. The van der Waals surface area contributed by atoms with Crippen molar-refractivity contribution in [3.05, 3.63) is 0 Å². The minimum atomic E-state index is -2.94. The maximum Gasteiger partial charge on any atom is 0.147 e. The Morgan fingerprint density at radius 1 is 1.32 bits per heavy atom. The quantitative estimate of drug-likeness (QED) is 0.723. The molecule has 5 nitrogen and oxygen atoms in total. The lowest BCUT2D eigenvalue weighted by molar-refractivity contribution is -0.126. The lowest BCUT2D eigenvalue weighted by Crippen LogP contribution is -2.56. The fourth-order valence-corrected chi connectivity index (χ4v) is 3.39. The monoisotopic (exact) mass is 293 g/mol. The van der Waals surface area contributed by atoms with Crippen molar-refractivity contribution in [2.24, 2.45) is 0 Å². The van der Waals surface area contributed by atoms with E-state index in [4.69, 9.17) is 9.47 Å². The second kappa shape index (κ2) is 7.57. The van der Waals surface area contributed by atoms with Crippen molar-refractivity contribution in [2.75, 3.05) is 38.4 Å². The molecule has 0 aliphatic carbocycles. The highest BCUT2D eigenvalue weighted by atomic mass is 32.2. The molecule has 114 valence electrons. The summed E-state index contributed by atoms with van der Waals surface area (Å²) in [7, 11) is -2.94. The number of rotatable bonds is 8. The molecule has 0 saturated carbocycles. The lowest BCUT2D eigenvalue weighted by Gasteiger charge is -2.43. The van der Waals surface area contributed by atoms with Crippen LogP contribution < -0.4 is 5.32 Å². The Kier molecular flexibility index (Phi) is 6.73. The van der Waals surface area contributed by atoms with E-state index < -0.39 is 9.84 Å². The van der Waals surface area contributed by atoms with Crippen molar-refractivity contribution in [3.63, 3.8) is 0 Å². The first-order valence-electron chi connectivity index (χ1n) is 7.06. The molecule has 1 rings (SSSR count). The molecule has 1 atom stereocenters. The maximum atomic E-state index is 11.4. The molecule has 1 heterocycles. The van der Waals surface area contributed by atoms with E-state index in [0.717, 1.165) is 19.4 Å². The first-order valence-corrected chi connectivity index (χ1v) is 9.12. The fraction of sp³-hybridized carbons (Fsp3) is 1.00. The normalized spacial score (nSPS) is 21.2. The highest BCUT2D eigenvalue weighted by Crippen LogP contribution is 2.30. The summed E-state index contributed by atoms with van der Waals surface area (Å²) in [4.78, 5) is 0. The van der Waals surface area contributed by atoms with Crippen LogP contribution in [0.15, 0.2) is 0 Å². The summed E-state index contributed by atoms with van der Waals surface area (Å²) < 4.78 is 34.2. The first-order chi connectivity index (χ1) is 8.93. The van der Waals surface area contributed by atoms with Gasteiger partial charge in [0.05, 0.1) is 11.4 Å². The van der Waals surface area contributed by atoms with Gasteiger partial charge in [0.25, 0.3) is 0 Å². The summed E-state index contributed by atoms with van der Waals surface area (Å²) in [6, 6.07) is 0.0658. The van der Waals surface area contributed by atoms with Crippen LogP contribution in [0.25, 0.3) is 0 Å². The zero-order valence-electron chi connectivity index (χ0n) is 12.3. The van der Waals surface area contributed by atoms with Crippen molar-refractivity contribution in [3.8, 4) is 0 Å². The Labute approximate surface area is 117 Å². The van der Waals surface area contributed by atoms with E-state index in [1.807, 2.05) is 13.8 Å². The van der Waals surface area contributed by atoms with Crippen LogP contribution in [0.5, 0.6) is 0 Å². The highest BCUT2D eigenvalue weighted by molar-refractivity contribution is 7.90. The zero-order chi connectivity index (χ0) is 14.4. The zero-order valence-corrected chi connectivity index (χ0v) is 13.1. The van der Waals surface area contributed by atoms with Crippen LogP contribution in [0.1, 0.15) is 33.1 Å². The SMILES string of the molecule is CCNC(CCS(C)(=O)=O)C1(OCC)CCOCC1. The Balaban J connectivity index is 2.78. The largest absolute Gasteiger partial charge is 0.381 e. The van der Waals surface area contributed by atoms with Crippen LogP contribution in [0.3, 0.4) is 0 Å². The van der Waals surface area contributed by atoms with Crippen molar-refractivity contribution < 1.29 is 17.9 Å². The molecule has 1 unspecified atom stereocenters. The van der Waals surface area contributed by atoms with Gasteiger partial charge in [-0.15, -0.1) is 0 Å². The Hall–Kier alpha value is -0.170. The predicted octanol–water partition coefficient (Wildman–Crippen LogP) is 0.985. The van der Waals surface area contributed by atoms with Gasteiger partial charge in [0.2, 0.25) is 0 Å². The molecular weight excluding hydrogens is 266 g/mol. The number of hydrogen-bond acceptors (Lipinski definition) is 5. The van der Waals surface area contributed by atoms with E-state index in [1.165, 1.54) is 6.26 Å². The van der Waals surface area contributed by atoms with Crippen LogP contribution in [0.2, 0.25) is 0 Å². The van der Waals surface area contributed by atoms with E-state index in [0.29, 0.717) is 26.2 Å². The van der Waals surface area contributed by atoms with E-state index in [9.17, 15) is 8.42 Å². The molecule has 19 heavy (non-hydrogen) atoms. The summed E-state index contributed by atoms with van der Waals surface area (Å²) in [6.45, 7) is 6.83. The minimum absolute atomic E-state index is 0.0658. The number of nitrogens with one attached hydrogen (secondary N) is 1. The van der Waals surface area contributed by atoms with Crippen LogP contribution in [-0.4, -0.2) is 58.4 Å². The van der Waals surface area contributed by atoms with Gasteiger partial charge in [-0.2, -0.15) is 0 Å². The third kappa shape index (κ3) is 5.38. The van der Waals surface area contributed by atoms with Crippen molar-refractivity contribution in [1.29, 1.82) is 0 Å². The molecule has 0 aromatic heterocycles. The van der Waals surface area contributed by atoms with Gasteiger partial charge in [-0.1, -0.05) is 6.92 Å². The smallest absolute Gasteiger partial charge is 0.147 e. The maximum absolute atomic E-state index is 11.4. The minimum Gasteiger partial charge on any atom is -0.381 e. The molecule has 0 aromatic carbocycles. The van der Waals surface area contributed by atoms with Gasteiger partial charge in [-0.05, 0) is 19.9 Å². The molecular formula is C13H27NO4S. The summed E-state index contributed by atoms with van der Waals surface area (Å²) in [6.07, 6.45) is 3.52. The molecule has 1 aliphatic rings. The Morgan fingerprint density at radius 3 is 2.42 bits per heavy atom. The third-order valence-electron chi connectivity index (χ3n) is 3.63. The molecule has 0 aromatic rings. The third-order valence-corrected chi connectivity index (χ3v) is 4.61. The van der Waals surface area contributed by atoms with Gasteiger partial charge < -0.3 is 14.8 Å². The number of hydrogen-bond donors (Lipinski definition) is 1. The highest BCUT2D eigenvalue weighted by Gasteiger charge is 2.40. The van der Waals surface area contributed by atoms with Gasteiger partial charge in [0.1, 0.15) is 9.84 Å². The van der Waals surface area contributed by atoms with Crippen LogP contribution in [0.4, 0.5) is 0 Å². The van der Waals surface area contributed by atoms with E-state index in [1.54, 1.807) is 0 Å². The molecule has 0 spiro atoms. The second-order valence-electron chi connectivity index (χ2n) is 5.14. The fourth-order valence-electron chi connectivity index (χ4n) is 2.73. The van der Waals surface area contributed by atoms with Gasteiger partial charge in [-0.25, -0.2) is 8.42 Å². The standard InChI is InChI=1S/C13H27NO4S/c1-4-14-12(6-11-19(3,15)16)13(18-5-2)7-9-17-10-8-13/h12,14H,4-11H2,1-3H3. The molecule has 1 N–H and O–H groups in total. The van der Waals surface area contributed by atoms with Crippen LogP contribution in [-0.2, 0) is 19.3 Å². The summed E-state index contributed by atoms with van der Waals surface area (Å²) in [5.41, 5.74) is -0.284. The number of sulfone groups is 1. The molecule has 6 heteroatoms. The molecule has 0 amide bonds. The number of likely N-dealkylation sites (N-methyl/N-ethyl adjacent to an activating group) is 1. The average molecular weight is 293 g/mol. The number of ether oxygens (including phenoxy) is 2. The summed E-state index contributed by atoms with van der Waals surface area (Å²) in [5, 5.41) is 3.41. The van der Waals surface area contributed by atoms with Gasteiger partial charge in [0.15, 0.2) is 0 Å². The second-order valence-corrected chi connectivity index (χ2v) is 7.40. The van der Waals surface area contributed by atoms with Gasteiger partial charge >= 0.3 is 0 Å². The molecule has 0 radical (unpaired) electrons. The molecule has 0 bridgehead atoms.